The van der Waals surface area contributed by atoms with Crippen molar-refractivity contribution in [2.75, 3.05) is 0 Å². The third-order valence-corrected chi connectivity index (χ3v) is 1.44. The third kappa shape index (κ3) is 1.13. The Morgan fingerprint density at radius 2 is 1.44 bits per heavy atom. The van der Waals surface area contributed by atoms with Gasteiger partial charge in [0.2, 0.25) is 0 Å². The average Bonchev–Trinajstić information content (AvgIpc) is 1.79. The zero-order chi connectivity index (χ0) is 7.07. The van der Waals surface area contributed by atoms with Crippen LogP contribution in [0.1, 0.15) is 0 Å². The summed E-state index contributed by atoms with van der Waals surface area (Å²) < 4.78 is 29.9. The molecule has 1 saturated heterocycles. The molecule has 1 heterocycles. The van der Waals surface area contributed by atoms with E-state index in [1.54, 1.807) is 0 Å². The maximum absolute atomic E-state index is 11.7. The number of carbonyl (C=O) groups excluding carboxylic acids is 2. The van der Waals surface area contributed by atoms with E-state index < -0.39 is 20.3 Å². The fourth-order valence-electron chi connectivity index (χ4n) is 0.320. The van der Waals surface area contributed by atoms with E-state index in [4.69, 9.17) is 0 Å². The van der Waals surface area contributed by atoms with Crippen molar-refractivity contribution < 1.29 is 27.0 Å². The molecule has 9 heavy (non-hydrogen) atoms. The average molecular weight is 158 g/mol. The predicted molar refractivity (Wildman–Crippen MR) is 22.7 cm³/mol. The van der Waals surface area contributed by atoms with E-state index in [1.165, 1.54) is 0 Å². The number of carbonyl (C=O) groups is 2. The van der Waals surface area contributed by atoms with Gasteiger partial charge in [-0.25, -0.2) is 0 Å². The summed E-state index contributed by atoms with van der Waals surface area (Å²) in [6.45, 7) is 0. The van der Waals surface area contributed by atoms with Crippen LogP contribution in [0, 0.1) is 0 Å². The summed E-state index contributed by atoms with van der Waals surface area (Å²) in [5, 5.41) is 0. The molecule has 0 atom stereocenters. The van der Waals surface area contributed by atoms with Gasteiger partial charge in [0.05, 0.1) is 0 Å². The molecule has 0 aromatic carbocycles. The first kappa shape index (κ1) is 6.35. The second kappa shape index (κ2) is 1.60. The van der Waals surface area contributed by atoms with Gasteiger partial charge in [-0.1, -0.05) is 0 Å². The topological polar surface area (TPSA) is 52.6 Å². The first-order chi connectivity index (χ1) is 4.01. The fraction of sp³-hybridized carbons (Fsp3) is 0. The van der Waals surface area contributed by atoms with Gasteiger partial charge in [-0.2, -0.15) is 0 Å². The van der Waals surface area contributed by atoms with Crippen molar-refractivity contribution in [1.29, 1.82) is 0 Å². The summed E-state index contributed by atoms with van der Waals surface area (Å²) in [6.07, 6.45) is 0. The van der Waals surface area contributed by atoms with Crippen molar-refractivity contribution in [2.45, 2.75) is 0 Å². The van der Waals surface area contributed by atoms with Crippen LogP contribution in [0.25, 0.3) is 0 Å². The van der Waals surface area contributed by atoms with Gasteiger partial charge in [0, 0.05) is 0 Å². The maximum atomic E-state index is 11.7. The van der Waals surface area contributed by atoms with Gasteiger partial charge in [0.15, 0.2) is 0 Å². The van der Waals surface area contributed by atoms with Crippen molar-refractivity contribution in [1.82, 2.24) is 0 Å². The molecule has 0 unspecified atom stereocenters. The SMILES string of the molecule is O=C1O[PH](F)(F)OC1=O. The molecular weight excluding hydrogens is 157 g/mol. The van der Waals surface area contributed by atoms with E-state index in [1.807, 2.05) is 0 Å². The normalized spacial score (nSPS) is 26.9. The Kier molecular flexibility index (Phi) is 1.13. The van der Waals surface area contributed by atoms with E-state index >= 15 is 0 Å². The summed E-state index contributed by atoms with van der Waals surface area (Å²) in [5.41, 5.74) is 0. The summed E-state index contributed by atoms with van der Waals surface area (Å²) in [6, 6.07) is 0. The molecule has 0 aliphatic carbocycles. The quantitative estimate of drug-likeness (QED) is 0.379. The first-order valence-electron chi connectivity index (χ1n) is 1.85. The van der Waals surface area contributed by atoms with Crippen molar-refractivity contribution in [2.24, 2.45) is 0 Å². The van der Waals surface area contributed by atoms with E-state index in [0.717, 1.165) is 0 Å². The molecule has 0 saturated carbocycles. The van der Waals surface area contributed by atoms with Crippen LogP contribution >= 0.6 is 8.34 Å². The Labute approximate surface area is 48.5 Å². The zero-order valence-corrected chi connectivity index (χ0v) is 4.89. The first-order valence-corrected chi connectivity index (χ1v) is 3.43. The minimum absolute atomic E-state index is 1.60. The van der Waals surface area contributed by atoms with Gasteiger partial charge in [0.25, 0.3) is 0 Å². The number of rotatable bonds is 0. The minimum atomic E-state index is -5.37. The molecule has 0 radical (unpaired) electrons. The van der Waals surface area contributed by atoms with Gasteiger partial charge in [-0.15, -0.1) is 0 Å². The van der Waals surface area contributed by atoms with E-state index in [-0.39, 0.29) is 0 Å². The van der Waals surface area contributed by atoms with Crippen molar-refractivity contribution >= 4 is 20.3 Å². The third-order valence-electron chi connectivity index (χ3n) is 0.590. The molecule has 1 fully saturated rings. The molecular formula is C2HF2O4P. The summed E-state index contributed by atoms with van der Waals surface area (Å²) in [4.78, 5) is 19.7. The number of hydrogen-bond acceptors (Lipinski definition) is 4. The van der Waals surface area contributed by atoms with Crippen LogP contribution in [0.5, 0.6) is 0 Å². The Hall–Kier alpha value is -0.770. The van der Waals surface area contributed by atoms with Gasteiger partial charge in [0.1, 0.15) is 0 Å². The Morgan fingerprint density at radius 3 is 1.56 bits per heavy atom. The van der Waals surface area contributed by atoms with E-state index in [0.29, 0.717) is 0 Å². The van der Waals surface area contributed by atoms with Crippen LogP contribution in [0.4, 0.5) is 8.39 Å². The van der Waals surface area contributed by atoms with Gasteiger partial charge >= 0.3 is 47.3 Å². The molecule has 1 aliphatic rings. The Bertz CT molecular complexity index is 159. The molecule has 4 nitrogen and oxygen atoms in total. The molecule has 52 valence electrons. The van der Waals surface area contributed by atoms with Crippen LogP contribution in [0.3, 0.4) is 0 Å². The van der Waals surface area contributed by atoms with Gasteiger partial charge in [-0.3, -0.25) is 0 Å². The molecule has 0 amide bonds. The summed E-state index contributed by atoms with van der Waals surface area (Å²) >= 11 is 0. The molecule has 0 aromatic heterocycles. The van der Waals surface area contributed by atoms with Crippen molar-refractivity contribution in [3.05, 3.63) is 0 Å². The molecule has 1 aliphatic heterocycles. The van der Waals surface area contributed by atoms with Crippen molar-refractivity contribution in [3.63, 3.8) is 0 Å². The second-order valence-electron chi connectivity index (χ2n) is 1.24. The zero-order valence-electron chi connectivity index (χ0n) is 3.89. The van der Waals surface area contributed by atoms with Gasteiger partial charge < -0.3 is 0 Å². The Morgan fingerprint density at radius 1 is 1.11 bits per heavy atom. The van der Waals surface area contributed by atoms with Crippen LogP contribution in [0.2, 0.25) is 0 Å². The van der Waals surface area contributed by atoms with Crippen LogP contribution in [-0.2, 0) is 18.6 Å². The van der Waals surface area contributed by atoms with E-state index in [2.05, 4.69) is 9.05 Å². The standard InChI is InChI=1S/C2HF2O4P/c3-9(4)7-1(5)2(6)8-9/h9H. The van der Waals surface area contributed by atoms with E-state index in [9.17, 15) is 18.0 Å². The number of hydrogen-bond donors (Lipinski definition) is 0. The van der Waals surface area contributed by atoms with Crippen LogP contribution in [-0.4, -0.2) is 11.9 Å². The molecule has 0 bridgehead atoms. The molecule has 7 heteroatoms. The monoisotopic (exact) mass is 158 g/mol. The Balaban J connectivity index is 2.76. The number of halogens is 2. The molecule has 0 N–H and O–H groups in total. The van der Waals surface area contributed by atoms with Crippen LogP contribution < -0.4 is 0 Å². The molecule has 0 spiro atoms. The van der Waals surface area contributed by atoms with Crippen LogP contribution in [0.15, 0.2) is 0 Å². The molecule has 0 aromatic rings. The van der Waals surface area contributed by atoms with Gasteiger partial charge in [-0.05, 0) is 0 Å². The second-order valence-corrected chi connectivity index (χ2v) is 2.58. The summed E-state index contributed by atoms with van der Waals surface area (Å²) in [7, 11) is -5.37. The fourth-order valence-corrected chi connectivity index (χ4v) is 0.960. The summed E-state index contributed by atoms with van der Waals surface area (Å²) in [5.74, 6) is -3.21. The molecule has 1 rings (SSSR count). The predicted octanol–water partition coefficient (Wildman–Crippen LogP) is 0.435. The van der Waals surface area contributed by atoms with Crippen molar-refractivity contribution in [3.8, 4) is 0 Å².